The van der Waals surface area contributed by atoms with Crippen LogP contribution in [-0.4, -0.2) is 16.2 Å². The van der Waals surface area contributed by atoms with Crippen molar-refractivity contribution in [3.05, 3.63) is 35.5 Å². The molecule has 0 fully saturated rings. The standard InChI is InChI=1S/C19H27N3O2/c1-12(23)24-17-14(18(2,3)4)10-13(11-15(17)19(5,6)7)21-16-8-9-20-22-16/h8-11H,1-7H3,(H2,20,21,22). The molecule has 1 aromatic carbocycles. The van der Waals surface area contributed by atoms with Crippen LogP contribution in [0.3, 0.4) is 0 Å². The maximum Gasteiger partial charge on any atom is 0.308 e. The Morgan fingerprint density at radius 3 is 2.00 bits per heavy atom. The summed E-state index contributed by atoms with van der Waals surface area (Å²) in [6.45, 7) is 14.1. The van der Waals surface area contributed by atoms with Crippen molar-refractivity contribution in [2.45, 2.75) is 59.3 Å². The summed E-state index contributed by atoms with van der Waals surface area (Å²) >= 11 is 0. The molecule has 24 heavy (non-hydrogen) atoms. The summed E-state index contributed by atoms with van der Waals surface area (Å²) in [4.78, 5) is 11.7. The van der Waals surface area contributed by atoms with Crippen molar-refractivity contribution in [3.63, 3.8) is 0 Å². The minimum absolute atomic E-state index is 0.173. The molecular formula is C19H27N3O2. The van der Waals surface area contributed by atoms with Gasteiger partial charge in [0.1, 0.15) is 5.75 Å². The summed E-state index contributed by atoms with van der Waals surface area (Å²) in [6, 6.07) is 5.93. The Balaban J connectivity index is 2.66. The molecular weight excluding hydrogens is 302 g/mol. The highest BCUT2D eigenvalue weighted by Gasteiger charge is 2.28. The first-order valence-electron chi connectivity index (χ1n) is 8.12. The van der Waals surface area contributed by atoms with Crippen LogP contribution in [0.25, 0.3) is 0 Å². The quantitative estimate of drug-likeness (QED) is 0.634. The number of aromatic nitrogens is 2. The van der Waals surface area contributed by atoms with Crippen LogP contribution < -0.4 is 10.1 Å². The molecule has 5 nitrogen and oxygen atoms in total. The summed E-state index contributed by atoms with van der Waals surface area (Å²) in [5.74, 6) is 1.10. The Bertz CT molecular complexity index is 685. The topological polar surface area (TPSA) is 67.0 Å². The molecule has 5 heteroatoms. The molecule has 0 amide bonds. The van der Waals surface area contributed by atoms with Crippen LogP contribution in [0.5, 0.6) is 5.75 Å². The molecule has 0 spiro atoms. The lowest BCUT2D eigenvalue weighted by Crippen LogP contribution is -2.21. The smallest absolute Gasteiger partial charge is 0.308 e. The van der Waals surface area contributed by atoms with Gasteiger partial charge in [0, 0.05) is 36.0 Å². The van der Waals surface area contributed by atoms with Gasteiger partial charge in [0.25, 0.3) is 0 Å². The summed E-state index contributed by atoms with van der Waals surface area (Å²) < 4.78 is 5.63. The fraction of sp³-hybridized carbons (Fsp3) is 0.474. The number of nitrogens with one attached hydrogen (secondary N) is 2. The number of rotatable bonds is 3. The van der Waals surface area contributed by atoms with Gasteiger partial charge in [0.15, 0.2) is 5.82 Å². The largest absolute Gasteiger partial charge is 0.426 e. The van der Waals surface area contributed by atoms with Crippen LogP contribution in [0.1, 0.15) is 59.6 Å². The molecule has 0 aliphatic rings. The average Bonchev–Trinajstić information content (AvgIpc) is 2.89. The average molecular weight is 329 g/mol. The fourth-order valence-electron chi connectivity index (χ4n) is 2.55. The third-order valence-electron chi connectivity index (χ3n) is 3.72. The van der Waals surface area contributed by atoms with Crippen molar-refractivity contribution in [1.82, 2.24) is 10.2 Å². The molecule has 2 N–H and O–H groups in total. The van der Waals surface area contributed by atoms with Crippen LogP contribution in [0.4, 0.5) is 11.5 Å². The molecule has 0 saturated carbocycles. The maximum absolute atomic E-state index is 11.7. The Kier molecular flexibility index (Phi) is 4.74. The van der Waals surface area contributed by atoms with Crippen molar-refractivity contribution in [3.8, 4) is 5.75 Å². The molecule has 0 aliphatic carbocycles. The highest BCUT2D eigenvalue weighted by molar-refractivity contribution is 5.73. The van der Waals surface area contributed by atoms with Crippen LogP contribution in [0.15, 0.2) is 24.4 Å². The lowest BCUT2D eigenvalue weighted by Gasteiger charge is -2.30. The molecule has 0 radical (unpaired) electrons. The number of benzene rings is 1. The molecule has 2 aromatic rings. The van der Waals surface area contributed by atoms with Gasteiger partial charge in [0.2, 0.25) is 0 Å². The van der Waals surface area contributed by atoms with Crippen LogP contribution >= 0.6 is 0 Å². The third-order valence-corrected chi connectivity index (χ3v) is 3.72. The molecule has 0 aliphatic heterocycles. The van der Waals surface area contributed by atoms with Crippen LogP contribution in [-0.2, 0) is 15.6 Å². The summed E-state index contributed by atoms with van der Waals surface area (Å²) in [7, 11) is 0. The monoisotopic (exact) mass is 329 g/mol. The van der Waals surface area contributed by atoms with Crippen molar-refractivity contribution in [2.75, 3.05) is 5.32 Å². The van der Waals surface area contributed by atoms with Crippen molar-refractivity contribution < 1.29 is 9.53 Å². The third kappa shape index (κ3) is 4.16. The van der Waals surface area contributed by atoms with Crippen molar-refractivity contribution in [1.29, 1.82) is 0 Å². The number of anilines is 2. The normalized spacial score (nSPS) is 12.1. The molecule has 1 aromatic heterocycles. The first kappa shape index (κ1) is 18.0. The number of hydrogen-bond donors (Lipinski definition) is 2. The molecule has 0 unspecified atom stereocenters. The number of nitrogens with zero attached hydrogens (tertiary/aromatic N) is 1. The Labute approximate surface area is 143 Å². The highest BCUT2D eigenvalue weighted by atomic mass is 16.5. The zero-order valence-corrected chi connectivity index (χ0v) is 15.6. The maximum atomic E-state index is 11.7. The fourth-order valence-corrected chi connectivity index (χ4v) is 2.55. The van der Waals surface area contributed by atoms with E-state index in [4.69, 9.17) is 4.74 Å². The van der Waals surface area contributed by atoms with Gasteiger partial charge in [-0.15, -0.1) is 0 Å². The molecule has 2 rings (SSSR count). The van der Waals surface area contributed by atoms with Gasteiger partial charge >= 0.3 is 5.97 Å². The molecule has 0 atom stereocenters. The van der Waals surface area contributed by atoms with Crippen LogP contribution in [0.2, 0.25) is 0 Å². The number of esters is 1. The minimum Gasteiger partial charge on any atom is -0.426 e. The molecule has 1 heterocycles. The van der Waals surface area contributed by atoms with E-state index in [2.05, 4.69) is 57.1 Å². The van der Waals surface area contributed by atoms with E-state index < -0.39 is 0 Å². The first-order valence-corrected chi connectivity index (χ1v) is 8.12. The van der Waals surface area contributed by atoms with E-state index in [1.807, 2.05) is 18.2 Å². The van der Waals surface area contributed by atoms with E-state index in [0.29, 0.717) is 5.75 Å². The van der Waals surface area contributed by atoms with E-state index in [9.17, 15) is 4.79 Å². The summed E-state index contributed by atoms with van der Waals surface area (Å²) in [6.07, 6.45) is 1.77. The Morgan fingerprint density at radius 2 is 1.62 bits per heavy atom. The Hall–Kier alpha value is -2.30. The first-order chi connectivity index (χ1) is 11.0. The van der Waals surface area contributed by atoms with Crippen molar-refractivity contribution in [2.24, 2.45) is 0 Å². The number of hydrogen-bond acceptors (Lipinski definition) is 4. The zero-order chi connectivity index (χ0) is 18.1. The zero-order valence-electron chi connectivity index (χ0n) is 15.6. The van der Waals surface area contributed by atoms with Gasteiger partial charge in [-0.2, -0.15) is 5.10 Å². The predicted molar refractivity (Wildman–Crippen MR) is 97.0 cm³/mol. The molecule has 0 saturated heterocycles. The van der Waals surface area contributed by atoms with E-state index >= 15 is 0 Å². The lowest BCUT2D eigenvalue weighted by atomic mass is 9.79. The highest BCUT2D eigenvalue weighted by Crippen LogP contribution is 2.42. The van der Waals surface area contributed by atoms with E-state index in [1.54, 1.807) is 6.20 Å². The lowest BCUT2D eigenvalue weighted by molar-refractivity contribution is -0.132. The number of aromatic amines is 1. The van der Waals surface area contributed by atoms with Gasteiger partial charge in [0.05, 0.1) is 0 Å². The van der Waals surface area contributed by atoms with Gasteiger partial charge in [-0.05, 0) is 23.0 Å². The Morgan fingerprint density at radius 1 is 1.08 bits per heavy atom. The number of H-pyrrole nitrogens is 1. The second-order valence-electron chi connectivity index (χ2n) is 8.08. The minimum atomic E-state index is -0.306. The molecule has 0 bridgehead atoms. The van der Waals surface area contributed by atoms with Crippen molar-refractivity contribution >= 4 is 17.5 Å². The van der Waals surface area contributed by atoms with E-state index in [1.165, 1.54) is 6.92 Å². The second-order valence-corrected chi connectivity index (χ2v) is 8.08. The van der Waals surface area contributed by atoms with Gasteiger partial charge < -0.3 is 10.1 Å². The van der Waals surface area contributed by atoms with Gasteiger partial charge in [-0.25, -0.2) is 0 Å². The van der Waals surface area contributed by atoms with E-state index in [-0.39, 0.29) is 16.8 Å². The number of ether oxygens (including phenoxy) is 1. The SMILES string of the molecule is CC(=O)Oc1c(C(C)(C)C)cc(Nc2cc[nH]n2)cc1C(C)(C)C. The van der Waals surface area contributed by atoms with Crippen LogP contribution in [0, 0.1) is 0 Å². The summed E-state index contributed by atoms with van der Waals surface area (Å²) in [5.41, 5.74) is 2.56. The second kappa shape index (κ2) is 6.30. The van der Waals surface area contributed by atoms with Gasteiger partial charge in [-0.1, -0.05) is 41.5 Å². The predicted octanol–water partition coefficient (Wildman–Crippen LogP) is 4.67. The van der Waals surface area contributed by atoms with E-state index in [0.717, 1.165) is 22.6 Å². The molecule has 130 valence electrons. The number of carbonyl (C=O) groups excluding carboxylic acids is 1. The number of carbonyl (C=O) groups is 1. The summed E-state index contributed by atoms with van der Waals surface area (Å²) in [5, 5.41) is 10.2. The van der Waals surface area contributed by atoms with Gasteiger partial charge in [-0.3, -0.25) is 9.89 Å².